The Morgan fingerprint density at radius 3 is 2.40 bits per heavy atom. The zero-order valence-corrected chi connectivity index (χ0v) is 15.2. The van der Waals surface area contributed by atoms with Gasteiger partial charge in [0.2, 0.25) is 5.95 Å². The fraction of sp³-hybridized carbons (Fsp3) is 0.588. The molecular formula is C17H22ClN5O2. The van der Waals surface area contributed by atoms with Crippen LogP contribution >= 0.6 is 11.6 Å². The molecule has 2 fully saturated rings. The normalized spacial score (nSPS) is 23.8. The molecule has 0 aromatic carbocycles. The van der Waals surface area contributed by atoms with Crippen molar-refractivity contribution in [3.63, 3.8) is 0 Å². The van der Waals surface area contributed by atoms with E-state index in [2.05, 4.69) is 14.8 Å². The van der Waals surface area contributed by atoms with E-state index < -0.39 is 0 Å². The van der Waals surface area contributed by atoms with Crippen LogP contribution in [0.1, 0.15) is 12.8 Å². The van der Waals surface area contributed by atoms with Gasteiger partial charge in [-0.05, 0) is 18.9 Å². The quantitative estimate of drug-likeness (QED) is 0.771. The monoisotopic (exact) mass is 363 g/mol. The van der Waals surface area contributed by atoms with Crippen molar-refractivity contribution < 1.29 is 9.47 Å². The van der Waals surface area contributed by atoms with E-state index in [9.17, 15) is 0 Å². The summed E-state index contributed by atoms with van der Waals surface area (Å²) in [5, 5.41) is 1.39. The van der Waals surface area contributed by atoms with Gasteiger partial charge in [-0.3, -0.25) is 0 Å². The van der Waals surface area contributed by atoms with Crippen LogP contribution in [0.3, 0.4) is 0 Å². The molecule has 2 aromatic heterocycles. The molecule has 8 heteroatoms. The molecule has 0 spiro atoms. The summed E-state index contributed by atoms with van der Waals surface area (Å²) in [5.41, 5.74) is 0.811. The van der Waals surface area contributed by atoms with Crippen LogP contribution in [0.5, 0.6) is 0 Å². The number of anilines is 2. The van der Waals surface area contributed by atoms with Crippen LogP contribution in [0.15, 0.2) is 12.3 Å². The van der Waals surface area contributed by atoms with Gasteiger partial charge >= 0.3 is 0 Å². The molecule has 25 heavy (non-hydrogen) atoms. The van der Waals surface area contributed by atoms with Crippen LogP contribution in [-0.4, -0.2) is 67.6 Å². The van der Waals surface area contributed by atoms with Gasteiger partial charge in [-0.1, -0.05) is 11.6 Å². The lowest BCUT2D eigenvalue weighted by molar-refractivity contribution is 0.121. The zero-order valence-electron chi connectivity index (χ0n) is 14.5. The number of ether oxygens (including phenoxy) is 2. The number of fused-ring (bicyclic) bond motifs is 1. The van der Waals surface area contributed by atoms with Gasteiger partial charge in [-0.25, -0.2) is 9.97 Å². The predicted molar refractivity (Wildman–Crippen MR) is 97.6 cm³/mol. The van der Waals surface area contributed by atoms with E-state index in [4.69, 9.17) is 31.0 Å². The number of methoxy groups -OCH3 is 2. The summed E-state index contributed by atoms with van der Waals surface area (Å²) in [4.78, 5) is 18.2. The van der Waals surface area contributed by atoms with E-state index in [0.29, 0.717) is 5.15 Å². The van der Waals surface area contributed by atoms with Gasteiger partial charge in [0.15, 0.2) is 0 Å². The summed E-state index contributed by atoms with van der Waals surface area (Å²) in [6.07, 6.45) is 4.17. The van der Waals surface area contributed by atoms with E-state index in [1.165, 1.54) is 0 Å². The summed E-state index contributed by atoms with van der Waals surface area (Å²) in [5.74, 6) is 1.64. The van der Waals surface area contributed by atoms with Gasteiger partial charge < -0.3 is 19.3 Å². The SMILES string of the molecule is CO[C@@H]1CCN(c2nc(N3CC[C@@H](OC)C3)c3cc(Cl)ncc3n2)C1. The molecule has 2 atom stereocenters. The summed E-state index contributed by atoms with van der Waals surface area (Å²) in [7, 11) is 3.51. The van der Waals surface area contributed by atoms with Crippen molar-refractivity contribution in [1.82, 2.24) is 15.0 Å². The van der Waals surface area contributed by atoms with Crippen LogP contribution in [0.4, 0.5) is 11.8 Å². The molecule has 0 N–H and O–H groups in total. The topological polar surface area (TPSA) is 63.6 Å². The first kappa shape index (κ1) is 16.8. The number of halogens is 1. The molecule has 134 valence electrons. The standard InChI is InChI=1S/C17H22ClN5O2/c1-24-11-3-5-22(9-11)16-13-7-15(18)19-8-14(13)20-17(21-16)23-6-4-12(10-23)25-2/h7-8,11-12H,3-6,9-10H2,1-2H3/t11-,12-/m1/s1. The van der Waals surface area contributed by atoms with E-state index in [1.807, 2.05) is 6.07 Å². The van der Waals surface area contributed by atoms with Crippen LogP contribution in [-0.2, 0) is 9.47 Å². The van der Waals surface area contributed by atoms with Gasteiger partial charge in [0, 0.05) is 45.8 Å². The van der Waals surface area contributed by atoms with Gasteiger partial charge in [0.05, 0.1) is 23.9 Å². The number of nitrogens with zero attached hydrogens (tertiary/aromatic N) is 5. The van der Waals surface area contributed by atoms with E-state index in [1.54, 1.807) is 20.4 Å². The van der Waals surface area contributed by atoms with Crippen LogP contribution in [0.25, 0.3) is 10.9 Å². The zero-order chi connectivity index (χ0) is 17.4. The third kappa shape index (κ3) is 3.23. The van der Waals surface area contributed by atoms with Crippen molar-refractivity contribution >= 4 is 34.3 Å². The third-order valence-electron chi connectivity index (χ3n) is 5.06. The summed E-state index contributed by atoms with van der Waals surface area (Å²) >= 11 is 6.12. The van der Waals surface area contributed by atoms with E-state index >= 15 is 0 Å². The number of rotatable bonds is 4. The molecule has 0 bridgehead atoms. The second-order valence-electron chi connectivity index (χ2n) is 6.56. The first-order chi connectivity index (χ1) is 12.2. The highest BCUT2D eigenvalue weighted by Crippen LogP contribution is 2.31. The van der Waals surface area contributed by atoms with Crippen molar-refractivity contribution in [3.05, 3.63) is 17.4 Å². The van der Waals surface area contributed by atoms with Crippen molar-refractivity contribution in [3.8, 4) is 0 Å². The number of aromatic nitrogens is 3. The first-order valence-electron chi connectivity index (χ1n) is 8.56. The number of pyridine rings is 1. The molecule has 2 aliphatic heterocycles. The average Bonchev–Trinajstić information content (AvgIpc) is 3.30. The maximum Gasteiger partial charge on any atom is 0.228 e. The smallest absolute Gasteiger partial charge is 0.228 e. The Labute approximate surface area is 151 Å². The fourth-order valence-corrected chi connectivity index (χ4v) is 3.73. The highest BCUT2D eigenvalue weighted by Gasteiger charge is 2.28. The van der Waals surface area contributed by atoms with Crippen molar-refractivity contribution in [2.24, 2.45) is 0 Å². The molecule has 7 nitrogen and oxygen atoms in total. The lowest BCUT2D eigenvalue weighted by Gasteiger charge is -2.23. The second kappa shape index (κ2) is 6.90. The molecule has 4 rings (SSSR count). The van der Waals surface area contributed by atoms with E-state index in [0.717, 1.165) is 61.7 Å². The van der Waals surface area contributed by atoms with Gasteiger partial charge in [0.1, 0.15) is 11.0 Å². The molecule has 0 radical (unpaired) electrons. The molecular weight excluding hydrogens is 342 g/mol. The second-order valence-corrected chi connectivity index (χ2v) is 6.94. The fourth-order valence-electron chi connectivity index (χ4n) is 3.58. The molecule has 0 unspecified atom stereocenters. The Balaban J connectivity index is 1.75. The Hall–Kier alpha value is -1.70. The molecule has 0 saturated carbocycles. The Morgan fingerprint density at radius 1 is 1.04 bits per heavy atom. The minimum absolute atomic E-state index is 0.232. The Kier molecular flexibility index (Phi) is 4.62. The summed E-state index contributed by atoms with van der Waals surface area (Å²) in [6, 6.07) is 1.85. The molecule has 2 saturated heterocycles. The first-order valence-corrected chi connectivity index (χ1v) is 8.94. The molecule has 0 amide bonds. The van der Waals surface area contributed by atoms with Crippen LogP contribution < -0.4 is 9.80 Å². The highest BCUT2D eigenvalue weighted by molar-refractivity contribution is 6.30. The minimum atomic E-state index is 0.232. The van der Waals surface area contributed by atoms with Gasteiger partial charge in [0.25, 0.3) is 0 Å². The molecule has 2 aromatic rings. The number of hydrogen-bond acceptors (Lipinski definition) is 7. The van der Waals surface area contributed by atoms with Gasteiger partial charge in [-0.2, -0.15) is 4.98 Å². The maximum absolute atomic E-state index is 6.12. The lowest BCUT2D eigenvalue weighted by Crippen LogP contribution is -2.27. The Bertz CT molecular complexity index is 774. The molecule has 2 aliphatic rings. The van der Waals surface area contributed by atoms with Crippen LogP contribution in [0.2, 0.25) is 5.15 Å². The largest absolute Gasteiger partial charge is 0.380 e. The van der Waals surface area contributed by atoms with E-state index in [-0.39, 0.29) is 12.2 Å². The van der Waals surface area contributed by atoms with Gasteiger partial charge in [-0.15, -0.1) is 0 Å². The summed E-state index contributed by atoms with van der Waals surface area (Å²) < 4.78 is 11.0. The number of hydrogen-bond donors (Lipinski definition) is 0. The summed E-state index contributed by atoms with van der Waals surface area (Å²) in [6.45, 7) is 3.43. The average molecular weight is 364 g/mol. The Morgan fingerprint density at radius 2 is 1.72 bits per heavy atom. The predicted octanol–water partition coefficient (Wildman–Crippen LogP) is 2.13. The maximum atomic E-state index is 6.12. The molecule has 4 heterocycles. The third-order valence-corrected chi connectivity index (χ3v) is 5.26. The van der Waals surface area contributed by atoms with Crippen molar-refractivity contribution in [2.75, 3.05) is 50.2 Å². The lowest BCUT2D eigenvalue weighted by atomic mass is 10.2. The highest BCUT2D eigenvalue weighted by atomic mass is 35.5. The van der Waals surface area contributed by atoms with Crippen molar-refractivity contribution in [2.45, 2.75) is 25.0 Å². The minimum Gasteiger partial charge on any atom is -0.380 e. The van der Waals surface area contributed by atoms with Crippen LogP contribution in [0, 0.1) is 0 Å². The van der Waals surface area contributed by atoms with Crippen molar-refractivity contribution in [1.29, 1.82) is 0 Å². The molecule has 0 aliphatic carbocycles.